The molecule has 0 fully saturated rings. The predicted octanol–water partition coefficient (Wildman–Crippen LogP) is 9.61. The maximum absolute atomic E-state index is 13.2. The first kappa shape index (κ1) is 29.1. The summed E-state index contributed by atoms with van der Waals surface area (Å²) in [7, 11) is 0. The van der Waals surface area contributed by atoms with Crippen LogP contribution in [0.5, 0.6) is 0 Å². The van der Waals surface area contributed by atoms with Crippen molar-refractivity contribution in [3.8, 4) is 0 Å². The highest BCUT2D eigenvalue weighted by Gasteiger charge is 2.38. The summed E-state index contributed by atoms with van der Waals surface area (Å²) in [6, 6.07) is 5.38. The van der Waals surface area contributed by atoms with Crippen LogP contribution in [0.15, 0.2) is 65.7 Å². The summed E-state index contributed by atoms with van der Waals surface area (Å²) in [5, 5.41) is 2.26. The molecule has 0 saturated heterocycles. The number of rotatable bonds is 3. The summed E-state index contributed by atoms with van der Waals surface area (Å²) in [5.74, 6) is -0.665. The van der Waals surface area contributed by atoms with Crippen molar-refractivity contribution in [3.63, 3.8) is 0 Å². The molecule has 3 rings (SSSR count). The molecule has 0 amide bonds. The lowest BCUT2D eigenvalue weighted by atomic mass is 10.1. The SMILES string of the molecule is FC(F)(F)c1cc(N=C(Nc2cc(C(F)(F)F)cc(C(F)(F)F)c2)c2ccc(Cl)cc2)cc(C(F)(F)F)c1. The Morgan fingerprint density at radius 1 is 0.553 bits per heavy atom. The van der Waals surface area contributed by atoms with Crippen molar-refractivity contribution in [2.75, 3.05) is 5.32 Å². The van der Waals surface area contributed by atoms with Gasteiger partial charge in [0, 0.05) is 16.3 Å². The normalized spacial score (nSPS) is 13.6. The van der Waals surface area contributed by atoms with Gasteiger partial charge < -0.3 is 5.32 Å². The van der Waals surface area contributed by atoms with Gasteiger partial charge in [0.05, 0.1) is 27.9 Å². The third-order valence-electron chi connectivity index (χ3n) is 4.78. The fraction of sp³-hybridized carbons (Fsp3) is 0.174. The Labute approximate surface area is 210 Å². The Kier molecular flexibility index (Phi) is 7.70. The number of nitrogens with zero attached hydrogens (tertiary/aromatic N) is 1. The van der Waals surface area contributed by atoms with Gasteiger partial charge in [-0.3, -0.25) is 0 Å². The molecule has 1 N–H and O–H groups in total. The molecule has 0 aliphatic carbocycles. The van der Waals surface area contributed by atoms with Crippen molar-refractivity contribution in [3.05, 3.63) is 93.5 Å². The number of hydrogen-bond donors (Lipinski definition) is 1. The molecule has 0 aromatic heterocycles. The third-order valence-corrected chi connectivity index (χ3v) is 5.03. The molecule has 0 aliphatic rings. The number of nitrogens with one attached hydrogen (secondary N) is 1. The van der Waals surface area contributed by atoms with Gasteiger partial charge in [0.25, 0.3) is 0 Å². The van der Waals surface area contributed by atoms with Crippen LogP contribution in [0.3, 0.4) is 0 Å². The Morgan fingerprint density at radius 2 is 0.921 bits per heavy atom. The molecular formula is C23H11ClF12N2. The summed E-state index contributed by atoms with van der Waals surface area (Å²) < 4.78 is 159. The molecule has 0 bridgehead atoms. The summed E-state index contributed by atoms with van der Waals surface area (Å²) in [6.07, 6.45) is -20.9. The molecule has 3 aromatic carbocycles. The minimum absolute atomic E-state index is 0.116. The maximum atomic E-state index is 13.2. The zero-order valence-corrected chi connectivity index (χ0v) is 18.9. The monoisotopic (exact) mass is 578 g/mol. The average Bonchev–Trinajstić information content (AvgIpc) is 2.76. The molecule has 2 nitrogen and oxygen atoms in total. The second kappa shape index (κ2) is 10.0. The van der Waals surface area contributed by atoms with Crippen LogP contribution >= 0.6 is 11.6 Å². The van der Waals surface area contributed by atoms with E-state index >= 15 is 0 Å². The Morgan fingerprint density at radius 3 is 1.29 bits per heavy atom. The summed E-state index contributed by atoms with van der Waals surface area (Å²) in [4.78, 5) is 3.69. The quantitative estimate of drug-likeness (QED) is 0.187. The topological polar surface area (TPSA) is 24.4 Å². The van der Waals surface area contributed by atoms with Crippen molar-refractivity contribution in [2.24, 2.45) is 4.99 Å². The average molecular weight is 579 g/mol. The molecule has 0 atom stereocenters. The van der Waals surface area contributed by atoms with Crippen LogP contribution in [0.2, 0.25) is 5.02 Å². The van der Waals surface area contributed by atoms with Gasteiger partial charge >= 0.3 is 24.7 Å². The third kappa shape index (κ3) is 7.33. The molecule has 3 aromatic rings. The molecule has 0 radical (unpaired) electrons. The molecule has 0 saturated carbocycles. The molecule has 0 unspecified atom stereocenters. The zero-order chi connectivity index (χ0) is 28.7. The van der Waals surface area contributed by atoms with E-state index in [1.807, 2.05) is 0 Å². The van der Waals surface area contributed by atoms with Crippen LogP contribution in [-0.4, -0.2) is 5.84 Å². The minimum Gasteiger partial charge on any atom is -0.340 e. The summed E-state index contributed by atoms with van der Waals surface area (Å²) in [6.45, 7) is 0. The maximum Gasteiger partial charge on any atom is 0.416 e. The highest BCUT2D eigenvalue weighted by Crippen LogP contribution is 2.40. The first-order valence-corrected chi connectivity index (χ1v) is 10.3. The number of amidine groups is 1. The molecule has 0 spiro atoms. The van der Waals surface area contributed by atoms with Gasteiger partial charge in [0.15, 0.2) is 0 Å². The van der Waals surface area contributed by atoms with Crippen molar-refractivity contribution < 1.29 is 52.7 Å². The largest absolute Gasteiger partial charge is 0.416 e. The highest BCUT2D eigenvalue weighted by molar-refractivity contribution is 6.30. The number of alkyl halides is 12. The minimum atomic E-state index is -5.23. The standard InChI is InChI=1S/C23H11ClF12N2/c24-16-3-1-11(2-4-16)19(37-17-7-12(20(25,26)27)5-13(8-17)21(28,29)30)38-18-9-14(22(31,32)33)6-15(10-18)23(34,35)36/h1-10H,(H,37,38). The Bertz CT molecular complexity index is 1270. The lowest BCUT2D eigenvalue weighted by Crippen LogP contribution is -2.17. The fourth-order valence-corrected chi connectivity index (χ4v) is 3.19. The number of halogens is 13. The van der Waals surface area contributed by atoms with Crippen LogP contribution in [0.1, 0.15) is 27.8 Å². The van der Waals surface area contributed by atoms with E-state index in [1.54, 1.807) is 0 Å². The summed E-state index contributed by atoms with van der Waals surface area (Å²) in [5.41, 5.74) is -8.82. The smallest absolute Gasteiger partial charge is 0.340 e. The van der Waals surface area contributed by atoms with E-state index in [2.05, 4.69) is 10.3 Å². The molecule has 38 heavy (non-hydrogen) atoms. The van der Waals surface area contributed by atoms with Gasteiger partial charge in [-0.15, -0.1) is 0 Å². The van der Waals surface area contributed by atoms with Crippen LogP contribution < -0.4 is 5.32 Å². The fourth-order valence-electron chi connectivity index (χ4n) is 3.07. The van der Waals surface area contributed by atoms with E-state index in [4.69, 9.17) is 11.6 Å². The number of anilines is 1. The molecule has 0 heterocycles. The van der Waals surface area contributed by atoms with Gasteiger partial charge in [0.1, 0.15) is 5.84 Å². The molecular weight excluding hydrogens is 568 g/mol. The van der Waals surface area contributed by atoms with Gasteiger partial charge in [0.2, 0.25) is 0 Å². The lowest BCUT2D eigenvalue weighted by Gasteiger charge is -2.17. The van der Waals surface area contributed by atoms with Crippen molar-refractivity contribution >= 4 is 28.8 Å². The number of aliphatic imine (C=N–C) groups is 1. The highest BCUT2D eigenvalue weighted by atomic mass is 35.5. The van der Waals surface area contributed by atoms with E-state index in [9.17, 15) is 52.7 Å². The van der Waals surface area contributed by atoms with Gasteiger partial charge in [-0.1, -0.05) is 11.6 Å². The Balaban J connectivity index is 2.24. The van der Waals surface area contributed by atoms with Crippen LogP contribution in [0.25, 0.3) is 0 Å². The van der Waals surface area contributed by atoms with Crippen LogP contribution in [0, 0.1) is 0 Å². The number of hydrogen-bond acceptors (Lipinski definition) is 1. The molecule has 0 aliphatic heterocycles. The van der Waals surface area contributed by atoms with E-state index in [0.29, 0.717) is 0 Å². The van der Waals surface area contributed by atoms with Crippen LogP contribution in [-0.2, 0) is 24.7 Å². The first-order chi connectivity index (χ1) is 17.2. The molecule has 15 heteroatoms. The first-order valence-electron chi connectivity index (χ1n) is 9.94. The van der Waals surface area contributed by atoms with Crippen molar-refractivity contribution in [1.82, 2.24) is 0 Å². The van der Waals surface area contributed by atoms with Gasteiger partial charge in [-0.05, 0) is 60.7 Å². The van der Waals surface area contributed by atoms with Crippen LogP contribution in [0.4, 0.5) is 64.1 Å². The molecule has 204 valence electrons. The van der Waals surface area contributed by atoms with Gasteiger partial charge in [-0.25, -0.2) is 4.99 Å². The Hall–Kier alpha value is -3.42. The van der Waals surface area contributed by atoms with E-state index in [-0.39, 0.29) is 47.0 Å². The summed E-state index contributed by atoms with van der Waals surface area (Å²) >= 11 is 5.76. The number of benzene rings is 3. The van der Waals surface area contributed by atoms with E-state index in [1.165, 1.54) is 12.1 Å². The van der Waals surface area contributed by atoms with E-state index in [0.717, 1.165) is 12.1 Å². The lowest BCUT2D eigenvalue weighted by molar-refractivity contribution is -0.144. The second-order valence-electron chi connectivity index (χ2n) is 7.65. The van der Waals surface area contributed by atoms with Gasteiger partial charge in [-0.2, -0.15) is 52.7 Å². The van der Waals surface area contributed by atoms with Crippen molar-refractivity contribution in [1.29, 1.82) is 0 Å². The predicted molar refractivity (Wildman–Crippen MR) is 114 cm³/mol. The zero-order valence-electron chi connectivity index (χ0n) is 18.1. The van der Waals surface area contributed by atoms with E-state index < -0.39 is 64.2 Å². The second-order valence-corrected chi connectivity index (χ2v) is 8.09. The van der Waals surface area contributed by atoms with Crippen molar-refractivity contribution in [2.45, 2.75) is 24.7 Å².